The first-order valence-electron chi connectivity index (χ1n) is 7.95. The Balaban J connectivity index is 2.19. The number of nitrogens with zero attached hydrogens (tertiary/aromatic N) is 1. The molecule has 0 radical (unpaired) electrons. The Bertz CT molecular complexity index is 683. The number of hydrogen-bond acceptors (Lipinski definition) is 2. The summed E-state index contributed by atoms with van der Waals surface area (Å²) in [5.74, 6) is -0.927. The van der Waals surface area contributed by atoms with Gasteiger partial charge in [0.15, 0.2) is 0 Å². The van der Waals surface area contributed by atoms with Crippen molar-refractivity contribution >= 4 is 11.8 Å². The highest BCUT2D eigenvalue weighted by Gasteiger charge is 2.44. The number of amides is 2. The highest BCUT2D eigenvalue weighted by atomic mass is 19.4. The van der Waals surface area contributed by atoms with Gasteiger partial charge in [0.1, 0.15) is 0 Å². The van der Waals surface area contributed by atoms with Gasteiger partial charge in [-0.15, -0.1) is 0 Å². The summed E-state index contributed by atoms with van der Waals surface area (Å²) in [6.45, 7) is 7.24. The van der Waals surface area contributed by atoms with Crippen molar-refractivity contribution < 1.29 is 22.8 Å². The van der Waals surface area contributed by atoms with E-state index in [1.807, 2.05) is 13.8 Å². The third-order valence-corrected chi connectivity index (χ3v) is 4.71. The maximum Gasteiger partial charge on any atom is 0.416 e. The van der Waals surface area contributed by atoms with Gasteiger partial charge in [-0.05, 0) is 38.0 Å². The quantitative estimate of drug-likeness (QED) is 0.845. The Kier molecular flexibility index (Phi) is 5.25. The lowest BCUT2D eigenvalue weighted by molar-refractivity contribution is -0.138. The van der Waals surface area contributed by atoms with E-state index in [9.17, 15) is 22.8 Å². The first-order valence-corrected chi connectivity index (χ1v) is 7.95. The average molecular weight is 354 g/mol. The van der Waals surface area contributed by atoms with E-state index in [-0.39, 0.29) is 18.4 Å². The molecule has 1 aliphatic rings. The lowest BCUT2D eigenvalue weighted by Crippen LogP contribution is -2.49. The fourth-order valence-corrected chi connectivity index (χ4v) is 3.37. The lowest BCUT2D eigenvalue weighted by Gasteiger charge is -2.36. The molecule has 1 aromatic carbocycles. The van der Waals surface area contributed by atoms with Crippen molar-refractivity contribution in [2.45, 2.75) is 37.9 Å². The van der Waals surface area contributed by atoms with Gasteiger partial charge in [0, 0.05) is 18.0 Å². The van der Waals surface area contributed by atoms with Crippen molar-refractivity contribution in [1.29, 1.82) is 0 Å². The van der Waals surface area contributed by atoms with Crippen LogP contribution in [0.2, 0.25) is 0 Å². The van der Waals surface area contributed by atoms with Crippen molar-refractivity contribution in [3.8, 4) is 0 Å². The van der Waals surface area contributed by atoms with Crippen molar-refractivity contribution in [3.05, 3.63) is 48.0 Å². The zero-order chi connectivity index (χ0) is 18.8. The predicted octanol–water partition coefficient (Wildman–Crippen LogP) is 3.10. The van der Waals surface area contributed by atoms with Gasteiger partial charge in [-0.25, -0.2) is 0 Å². The summed E-state index contributed by atoms with van der Waals surface area (Å²) in [4.78, 5) is 25.2. The molecule has 1 aliphatic heterocycles. The zero-order valence-corrected chi connectivity index (χ0v) is 14.2. The van der Waals surface area contributed by atoms with Crippen LogP contribution in [0.3, 0.4) is 0 Å². The summed E-state index contributed by atoms with van der Waals surface area (Å²) in [7, 11) is 0. The molecule has 0 saturated carbocycles. The van der Waals surface area contributed by atoms with Crippen LogP contribution in [0.25, 0.3) is 0 Å². The smallest absolute Gasteiger partial charge is 0.343 e. The van der Waals surface area contributed by atoms with Crippen LogP contribution in [0.4, 0.5) is 13.2 Å². The molecule has 1 atom stereocenters. The van der Waals surface area contributed by atoms with Crippen LogP contribution in [0.5, 0.6) is 0 Å². The van der Waals surface area contributed by atoms with Crippen molar-refractivity contribution in [2.24, 2.45) is 0 Å². The van der Waals surface area contributed by atoms with E-state index in [0.29, 0.717) is 18.5 Å². The van der Waals surface area contributed by atoms with E-state index in [2.05, 4.69) is 11.9 Å². The minimum absolute atomic E-state index is 0.163. The van der Waals surface area contributed by atoms with Crippen LogP contribution < -0.4 is 5.32 Å². The molecule has 1 N–H and O–H groups in total. The molecule has 136 valence electrons. The summed E-state index contributed by atoms with van der Waals surface area (Å²) >= 11 is 0. The second kappa shape index (κ2) is 6.90. The first kappa shape index (κ1) is 19.0. The van der Waals surface area contributed by atoms with E-state index < -0.39 is 23.2 Å². The Morgan fingerprint density at radius 2 is 2.08 bits per heavy atom. The van der Waals surface area contributed by atoms with Crippen molar-refractivity contribution in [1.82, 2.24) is 10.2 Å². The monoisotopic (exact) mass is 354 g/mol. The van der Waals surface area contributed by atoms with Gasteiger partial charge in [0.05, 0.1) is 12.1 Å². The molecule has 1 heterocycles. The van der Waals surface area contributed by atoms with Crippen molar-refractivity contribution in [2.75, 3.05) is 13.1 Å². The van der Waals surface area contributed by atoms with E-state index in [4.69, 9.17) is 0 Å². The van der Waals surface area contributed by atoms with Crippen LogP contribution in [0, 0.1) is 0 Å². The Morgan fingerprint density at radius 1 is 1.40 bits per heavy atom. The number of likely N-dealkylation sites (tertiary alicyclic amines) is 1. The molecule has 0 spiro atoms. The molecular formula is C18H21F3N2O2. The minimum atomic E-state index is -4.40. The predicted molar refractivity (Wildman–Crippen MR) is 87.8 cm³/mol. The van der Waals surface area contributed by atoms with E-state index in [1.165, 1.54) is 6.07 Å². The molecule has 1 fully saturated rings. The van der Waals surface area contributed by atoms with Gasteiger partial charge in [-0.2, -0.15) is 13.2 Å². The average Bonchev–Trinajstić information content (AvgIpc) is 2.86. The number of alkyl halides is 3. The molecule has 0 aromatic heterocycles. The standard InChI is InChI=1S/C18H21F3N2O2/c1-4-15(24)22-11-16(25)23-9-8-14(17(23,2)3)12-6-5-7-13(10-12)18(19,20)21/h4-7,10,14H,1,8-9,11H2,2-3H3,(H,22,24). The fourth-order valence-electron chi connectivity index (χ4n) is 3.37. The topological polar surface area (TPSA) is 49.4 Å². The number of carbonyl (C=O) groups is 2. The summed E-state index contributed by atoms with van der Waals surface area (Å²) in [5, 5.41) is 2.43. The van der Waals surface area contributed by atoms with Gasteiger partial charge in [0.25, 0.3) is 0 Å². The number of carbonyl (C=O) groups excluding carboxylic acids is 2. The van der Waals surface area contributed by atoms with Crippen LogP contribution in [0.15, 0.2) is 36.9 Å². The summed E-state index contributed by atoms with van der Waals surface area (Å²) < 4.78 is 38.8. The van der Waals surface area contributed by atoms with Crippen LogP contribution >= 0.6 is 0 Å². The van der Waals surface area contributed by atoms with Crippen LogP contribution in [-0.4, -0.2) is 35.3 Å². The van der Waals surface area contributed by atoms with Gasteiger partial charge >= 0.3 is 6.18 Å². The van der Waals surface area contributed by atoms with E-state index >= 15 is 0 Å². The number of benzene rings is 1. The number of nitrogens with one attached hydrogen (secondary N) is 1. The molecule has 4 nitrogen and oxygen atoms in total. The molecule has 2 amide bonds. The number of rotatable bonds is 4. The first-order chi connectivity index (χ1) is 11.6. The number of hydrogen-bond donors (Lipinski definition) is 1. The molecule has 1 unspecified atom stereocenters. The second-order valence-electron chi connectivity index (χ2n) is 6.59. The molecular weight excluding hydrogens is 333 g/mol. The van der Waals surface area contributed by atoms with E-state index in [0.717, 1.165) is 18.2 Å². The zero-order valence-electron chi connectivity index (χ0n) is 14.2. The maximum atomic E-state index is 12.9. The Labute approximate surface area is 144 Å². The normalized spacial score (nSPS) is 19.6. The minimum Gasteiger partial charge on any atom is -0.343 e. The molecule has 0 bridgehead atoms. The molecule has 1 saturated heterocycles. The van der Waals surface area contributed by atoms with Gasteiger partial charge < -0.3 is 10.2 Å². The van der Waals surface area contributed by atoms with Crippen molar-refractivity contribution in [3.63, 3.8) is 0 Å². The van der Waals surface area contributed by atoms with Gasteiger partial charge in [0.2, 0.25) is 11.8 Å². The van der Waals surface area contributed by atoms with Crippen LogP contribution in [-0.2, 0) is 15.8 Å². The lowest BCUT2D eigenvalue weighted by atomic mass is 9.82. The Hall–Kier alpha value is -2.31. The Morgan fingerprint density at radius 3 is 2.68 bits per heavy atom. The van der Waals surface area contributed by atoms with E-state index in [1.54, 1.807) is 11.0 Å². The summed E-state index contributed by atoms with van der Waals surface area (Å²) in [5.41, 5.74) is -0.783. The molecule has 2 rings (SSSR count). The number of halogens is 3. The molecule has 25 heavy (non-hydrogen) atoms. The highest BCUT2D eigenvalue weighted by Crippen LogP contribution is 2.43. The molecule has 7 heteroatoms. The largest absolute Gasteiger partial charge is 0.416 e. The second-order valence-corrected chi connectivity index (χ2v) is 6.59. The highest BCUT2D eigenvalue weighted by molar-refractivity contribution is 5.91. The molecule has 0 aliphatic carbocycles. The summed E-state index contributed by atoms with van der Waals surface area (Å²) in [6, 6.07) is 5.25. The third-order valence-electron chi connectivity index (χ3n) is 4.71. The molecule has 1 aromatic rings. The maximum absolute atomic E-state index is 12.9. The van der Waals surface area contributed by atoms with Gasteiger partial charge in [-0.3, -0.25) is 9.59 Å². The van der Waals surface area contributed by atoms with Gasteiger partial charge in [-0.1, -0.05) is 24.8 Å². The SMILES string of the molecule is C=CC(=O)NCC(=O)N1CCC(c2cccc(C(F)(F)F)c2)C1(C)C. The summed E-state index contributed by atoms with van der Waals surface area (Å²) in [6.07, 6.45) is -2.76. The third kappa shape index (κ3) is 4.03. The fraction of sp³-hybridized carbons (Fsp3) is 0.444. The van der Waals surface area contributed by atoms with Crippen LogP contribution in [0.1, 0.15) is 37.3 Å².